The van der Waals surface area contributed by atoms with Crippen LogP contribution in [0.2, 0.25) is 0 Å². The number of nitrogens with one attached hydrogen (secondary N) is 1. The molecule has 0 spiro atoms. The molecule has 28 heavy (non-hydrogen) atoms. The van der Waals surface area contributed by atoms with Crippen molar-refractivity contribution in [2.24, 2.45) is 0 Å². The van der Waals surface area contributed by atoms with Crippen LogP contribution in [0.25, 0.3) is 0 Å². The number of carbonyl (C=O) groups excluding carboxylic acids is 1. The van der Waals surface area contributed by atoms with E-state index in [-0.39, 0.29) is 18.0 Å². The molecule has 1 amide bonds. The van der Waals surface area contributed by atoms with Crippen molar-refractivity contribution in [3.8, 4) is 0 Å². The van der Waals surface area contributed by atoms with Crippen LogP contribution < -0.4 is 10.2 Å². The molecule has 5 heteroatoms. The fourth-order valence-electron chi connectivity index (χ4n) is 4.44. The van der Waals surface area contributed by atoms with Gasteiger partial charge in [-0.1, -0.05) is 48.5 Å². The van der Waals surface area contributed by atoms with Crippen molar-refractivity contribution in [3.63, 3.8) is 0 Å². The molecule has 2 heterocycles. The van der Waals surface area contributed by atoms with Gasteiger partial charge in [-0.05, 0) is 30.5 Å². The number of rotatable bonds is 6. The van der Waals surface area contributed by atoms with Crippen molar-refractivity contribution in [1.29, 1.82) is 0 Å². The largest absolute Gasteiger partial charge is 0.379 e. The number of fused-ring (bicyclic) bond motifs is 1. The van der Waals surface area contributed by atoms with Crippen LogP contribution in [0.3, 0.4) is 0 Å². The molecular formula is C23H29N3O2. The van der Waals surface area contributed by atoms with Crippen LogP contribution in [0.4, 0.5) is 5.69 Å². The van der Waals surface area contributed by atoms with E-state index in [1.54, 1.807) is 0 Å². The molecule has 2 atom stereocenters. The van der Waals surface area contributed by atoms with Gasteiger partial charge in [0.1, 0.15) is 0 Å². The van der Waals surface area contributed by atoms with Gasteiger partial charge in [-0.3, -0.25) is 9.69 Å². The first-order valence-electron chi connectivity index (χ1n) is 10.2. The van der Waals surface area contributed by atoms with E-state index in [0.29, 0.717) is 6.54 Å². The second-order valence-electron chi connectivity index (χ2n) is 7.66. The highest BCUT2D eigenvalue weighted by molar-refractivity contribution is 5.82. The summed E-state index contributed by atoms with van der Waals surface area (Å²) in [6, 6.07) is 19.0. The number of para-hydroxylation sites is 1. The number of amides is 1. The minimum Gasteiger partial charge on any atom is -0.379 e. The lowest BCUT2D eigenvalue weighted by Crippen LogP contribution is -2.50. The highest BCUT2D eigenvalue weighted by atomic mass is 16.5. The summed E-state index contributed by atoms with van der Waals surface area (Å²) in [5.41, 5.74) is 3.76. The highest BCUT2D eigenvalue weighted by Gasteiger charge is 2.29. The normalized spacial score (nSPS) is 19.1. The molecule has 0 bridgehead atoms. The van der Waals surface area contributed by atoms with Crippen LogP contribution >= 0.6 is 0 Å². The number of nitrogens with zero attached hydrogens (tertiary/aromatic N) is 2. The number of hydrogen-bond acceptors (Lipinski definition) is 4. The molecule has 2 aliphatic heterocycles. The molecule has 0 unspecified atom stereocenters. The summed E-state index contributed by atoms with van der Waals surface area (Å²) >= 11 is 0. The Bertz CT molecular complexity index is 789. The Labute approximate surface area is 167 Å². The fourth-order valence-corrected chi connectivity index (χ4v) is 4.44. The number of carbonyl (C=O) groups is 1. The van der Waals surface area contributed by atoms with Gasteiger partial charge >= 0.3 is 0 Å². The first kappa shape index (κ1) is 19.0. The first-order valence-corrected chi connectivity index (χ1v) is 10.2. The van der Waals surface area contributed by atoms with E-state index in [0.717, 1.165) is 39.3 Å². The maximum Gasteiger partial charge on any atom is 0.239 e. The van der Waals surface area contributed by atoms with Crippen molar-refractivity contribution in [2.75, 3.05) is 44.3 Å². The quantitative estimate of drug-likeness (QED) is 0.838. The summed E-state index contributed by atoms with van der Waals surface area (Å²) in [6.45, 7) is 6.70. The van der Waals surface area contributed by atoms with Gasteiger partial charge in [0, 0.05) is 31.4 Å². The number of morpholine rings is 1. The zero-order valence-corrected chi connectivity index (χ0v) is 16.5. The summed E-state index contributed by atoms with van der Waals surface area (Å²) in [5.74, 6) is 0.0818. The minimum absolute atomic E-state index is 0.0193. The maximum absolute atomic E-state index is 12.8. The van der Waals surface area contributed by atoms with Gasteiger partial charge in [0.25, 0.3) is 0 Å². The zero-order chi connectivity index (χ0) is 19.3. The van der Waals surface area contributed by atoms with E-state index in [1.165, 1.54) is 16.8 Å². The van der Waals surface area contributed by atoms with Gasteiger partial charge in [-0.15, -0.1) is 0 Å². The molecule has 2 aromatic carbocycles. The number of hydrogen-bond donors (Lipinski definition) is 1. The van der Waals surface area contributed by atoms with Crippen LogP contribution in [0, 0.1) is 0 Å². The van der Waals surface area contributed by atoms with Gasteiger partial charge in [0.15, 0.2) is 0 Å². The molecule has 0 aromatic heterocycles. The van der Waals surface area contributed by atoms with E-state index in [9.17, 15) is 4.79 Å². The first-order chi connectivity index (χ1) is 13.7. The second-order valence-corrected chi connectivity index (χ2v) is 7.66. The monoisotopic (exact) mass is 379 g/mol. The topological polar surface area (TPSA) is 44.8 Å². The molecule has 0 saturated carbocycles. The smallest absolute Gasteiger partial charge is 0.239 e. The van der Waals surface area contributed by atoms with Crippen LogP contribution in [0.5, 0.6) is 0 Å². The average molecular weight is 380 g/mol. The predicted molar refractivity (Wildman–Crippen MR) is 112 cm³/mol. The molecule has 4 rings (SSSR count). The van der Waals surface area contributed by atoms with E-state index in [4.69, 9.17) is 4.74 Å². The Kier molecular flexibility index (Phi) is 5.93. The van der Waals surface area contributed by atoms with Crippen molar-refractivity contribution < 1.29 is 9.53 Å². The third-order valence-electron chi connectivity index (χ3n) is 5.76. The molecule has 2 aromatic rings. The Morgan fingerprint density at radius 1 is 1.04 bits per heavy atom. The summed E-state index contributed by atoms with van der Waals surface area (Å²) in [6.07, 6.45) is 1.01. The Hall–Kier alpha value is -2.37. The van der Waals surface area contributed by atoms with Crippen molar-refractivity contribution >= 4 is 11.6 Å². The molecule has 1 saturated heterocycles. The molecule has 148 valence electrons. The molecule has 1 fully saturated rings. The van der Waals surface area contributed by atoms with Crippen LogP contribution in [-0.4, -0.2) is 56.2 Å². The molecule has 1 N–H and O–H groups in total. The lowest BCUT2D eigenvalue weighted by Gasteiger charge is -2.38. The summed E-state index contributed by atoms with van der Waals surface area (Å²) < 4.78 is 5.53. The number of anilines is 1. The van der Waals surface area contributed by atoms with Gasteiger partial charge < -0.3 is 15.0 Å². The van der Waals surface area contributed by atoms with Gasteiger partial charge in [-0.2, -0.15) is 0 Å². The predicted octanol–water partition coefficient (Wildman–Crippen LogP) is 2.63. The summed E-state index contributed by atoms with van der Waals surface area (Å²) in [5, 5.41) is 3.27. The van der Waals surface area contributed by atoms with Crippen molar-refractivity contribution in [1.82, 2.24) is 10.2 Å². The lowest BCUT2D eigenvalue weighted by molar-refractivity contribution is -0.121. The molecule has 0 aliphatic carbocycles. The van der Waals surface area contributed by atoms with Crippen LogP contribution in [-0.2, 0) is 16.0 Å². The van der Waals surface area contributed by atoms with Gasteiger partial charge in [0.05, 0.1) is 25.8 Å². The van der Waals surface area contributed by atoms with Gasteiger partial charge in [-0.25, -0.2) is 0 Å². The third kappa shape index (κ3) is 4.21. The Balaban J connectivity index is 1.44. The number of benzene rings is 2. The zero-order valence-electron chi connectivity index (χ0n) is 16.5. The molecular weight excluding hydrogens is 350 g/mol. The molecule has 5 nitrogen and oxygen atoms in total. The Morgan fingerprint density at radius 3 is 2.54 bits per heavy atom. The summed E-state index contributed by atoms with van der Waals surface area (Å²) in [7, 11) is 0. The van der Waals surface area contributed by atoms with E-state index < -0.39 is 0 Å². The second kappa shape index (κ2) is 8.76. The average Bonchev–Trinajstić information content (AvgIpc) is 3.12. The maximum atomic E-state index is 12.8. The minimum atomic E-state index is 0.0193. The fraction of sp³-hybridized carbons (Fsp3) is 0.435. The third-order valence-corrected chi connectivity index (χ3v) is 5.76. The standard InChI is InChI=1S/C23H29N3O2/c1-18(23(20-8-3-2-4-9-20)25-13-15-28-16-14-25)24-22(27)17-26-12-11-19-7-5-6-10-21(19)26/h2-10,18,23H,11-17H2,1H3,(H,24,27)/t18-,23+/m1/s1. The van der Waals surface area contributed by atoms with E-state index >= 15 is 0 Å². The van der Waals surface area contributed by atoms with Crippen LogP contribution in [0.15, 0.2) is 54.6 Å². The molecule has 2 aliphatic rings. The SMILES string of the molecule is C[C@@H](NC(=O)CN1CCc2ccccc21)[C@@H](c1ccccc1)N1CCOCC1. The molecule has 0 radical (unpaired) electrons. The van der Waals surface area contributed by atoms with E-state index in [2.05, 4.69) is 64.5 Å². The Morgan fingerprint density at radius 2 is 1.75 bits per heavy atom. The lowest BCUT2D eigenvalue weighted by atomic mass is 9.98. The highest BCUT2D eigenvalue weighted by Crippen LogP contribution is 2.28. The van der Waals surface area contributed by atoms with Crippen molar-refractivity contribution in [3.05, 3.63) is 65.7 Å². The van der Waals surface area contributed by atoms with E-state index in [1.807, 2.05) is 12.1 Å². The number of ether oxygens (including phenoxy) is 1. The van der Waals surface area contributed by atoms with Gasteiger partial charge in [0.2, 0.25) is 5.91 Å². The summed E-state index contributed by atoms with van der Waals surface area (Å²) in [4.78, 5) is 17.5. The van der Waals surface area contributed by atoms with Crippen molar-refractivity contribution in [2.45, 2.75) is 25.4 Å². The van der Waals surface area contributed by atoms with Crippen LogP contribution in [0.1, 0.15) is 24.1 Å².